The minimum absolute atomic E-state index is 0. The van der Waals surface area contributed by atoms with E-state index in [0.29, 0.717) is 31.0 Å². The van der Waals surface area contributed by atoms with Gasteiger partial charge in [-0.2, -0.15) is 0 Å². The Kier molecular flexibility index (Phi) is 9.69. The second-order valence-corrected chi connectivity index (χ2v) is 7.15. The topological polar surface area (TPSA) is 57.3 Å². The molecule has 5 nitrogen and oxygen atoms in total. The van der Waals surface area contributed by atoms with E-state index in [4.69, 9.17) is 0 Å². The van der Waals surface area contributed by atoms with Crippen LogP contribution in [0.25, 0.3) is 0 Å². The Labute approximate surface area is 169 Å². The molecule has 0 spiro atoms. The lowest BCUT2D eigenvalue weighted by Gasteiger charge is -2.28. The standard InChI is InChI=1S/C19H30N4O.2ClH/c1-3-23(4-2)18-8-5-14(12-20-18)13-21-19(24)11-15-9-16-6-7-17(10-15)22-16;;/h5,8,12,15-17,22H,3-4,6-7,9-11,13H2,1-2H3,(H,21,24);2*1H. The van der Waals surface area contributed by atoms with E-state index in [2.05, 4.69) is 40.4 Å². The molecular weight excluding hydrogens is 371 g/mol. The van der Waals surface area contributed by atoms with Gasteiger partial charge in [0.05, 0.1) is 0 Å². The van der Waals surface area contributed by atoms with Crippen molar-refractivity contribution in [2.75, 3.05) is 18.0 Å². The summed E-state index contributed by atoms with van der Waals surface area (Å²) in [5.74, 6) is 1.72. The summed E-state index contributed by atoms with van der Waals surface area (Å²) in [7, 11) is 0. The molecule has 2 aliphatic heterocycles. The van der Waals surface area contributed by atoms with Crippen LogP contribution in [0, 0.1) is 5.92 Å². The number of carbonyl (C=O) groups excluding carboxylic acids is 1. The minimum Gasteiger partial charge on any atom is -0.357 e. The van der Waals surface area contributed by atoms with Crippen LogP contribution in [-0.2, 0) is 11.3 Å². The van der Waals surface area contributed by atoms with E-state index in [1.54, 1.807) is 0 Å². The second kappa shape index (κ2) is 11.0. The number of amides is 1. The van der Waals surface area contributed by atoms with Gasteiger partial charge in [-0.05, 0) is 57.1 Å². The Morgan fingerprint density at radius 3 is 2.38 bits per heavy atom. The van der Waals surface area contributed by atoms with Crippen LogP contribution in [-0.4, -0.2) is 36.1 Å². The van der Waals surface area contributed by atoms with Crippen molar-refractivity contribution >= 4 is 36.5 Å². The number of nitrogens with one attached hydrogen (secondary N) is 2. The smallest absolute Gasteiger partial charge is 0.220 e. The summed E-state index contributed by atoms with van der Waals surface area (Å²) < 4.78 is 0. The Hall–Kier alpha value is -1.04. The van der Waals surface area contributed by atoms with Gasteiger partial charge in [0.15, 0.2) is 0 Å². The maximum Gasteiger partial charge on any atom is 0.220 e. The van der Waals surface area contributed by atoms with E-state index in [1.807, 2.05) is 12.3 Å². The lowest BCUT2D eigenvalue weighted by Crippen LogP contribution is -2.39. The SMILES string of the molecule is CCN(CC)c1ccc(CNC(=O)CC2CC3CCC(C2)N3)cn1.Cl.Cl. The predicted octanol–water partition coefficient (Wildman–Crippen LogP) is 3.31. The van der Waals surface area contributed by atoms with Gasteiger partial charge in [-0.25, -0.2) is 4.98 Å². The van der Waals surface area contributed by atoms with E-state index in [0.717, 1.165) is 37.3 Å². The molecule has 2 N–H and O–H groups in total. The quantitative estimate of drug-likeness (QED) is 0.734. The molecule has 0 aliphatic carbocycles. The van der Waals surface area contributed by atoms with Gasteiger partial charge in [0.25, 0.3) is 0 Å². The Morgan fingerprint density at radius 1 is 1.19 bits per heavy atom. The summed E-state index contributed by atoms with van der Waals surface area (Å²) in [4.78, 5) is 19.0. The lowest BCUT2D eigenvalue weighted by atomic mass is 9.89. The fraction of sp³-hybridized carbons (Fsp3) is 0.684. The van der Waals surface area contributed by atoms with Gasteiger partial charge in [-0.3, -0.25) is 4.79 Å². The molecule has 2 bridgehead atoms. The number of pyridine rings is 1. The number of anilines is 1. The number of aromatic nitrogens is 1. The van der Waals surface area contributed by atoms with Gasteiger partial charge < -0.3 is 15.5 Å². The molecular formula is C19H32Cl2N4O. The van der Waals surface area contributed by atoms with Crippen LogP contribution >= 0.6 is 24.8 Å². The van der Waals surface area contributed by atoms with E-state index in [1.165, 1.54) is 12.8 Å². The van der Waals surface area contributed by atoms with Crippen LogP contribution in [0.4, 0.5) is 5.82 Å². The number of piperidine rings is 1. The molecule has 2 atom stereocenters. The second-order valence-electron chi connectivity index (χ2n) is 7.15. The number of hydrogen-bond donors (Lipinski definition) is 2. The molecule has 0 radical (unpaired) electrons. The molecule has 7 heteroatoms. The average Bonchev–Trinajstić information content (AvgIpc) is 2.94. The minimum atomic E-state index is 0. The maximum absolute atomic E-state index is 12.2. The van der Waals surface area contributed by atoms with Crippen LogP contribution in [0.5, 0.6) is 0 Å². The largest absolute Gasteiger partial charge is 0.357 e. The zero-order valence-corrected chi connectivity index (χ0v) is 17.4. The zero-order chi connectivity index (χ0) is 16.9. The molecule has 3 rings (SSSR count). The highest BCUT2D eigenvalue weighted by Crippen LogP contribution is 2.32. The number of hydrogen-bond acceptors (Lipinski definition) is 4. The van der Waals surface area contributed by atoms with Crippen molar-refractivity contribution in [3.63, 3.8) is 0 Å². The molecule has 148 valence electrons. The van der Waals surface area contributed by atoms with Crippen molar-refractivity contribution < 1.29 is 4.79 Å². The van der Waals surface area contributed by atoms with Gasteiger partial charge in [-0.15, -0.1) is 24.8 Å². The molecule has 0 aromatic carbocycles. The van der Waals surface area contributed by atoms with Crippen LogP contribution in [0.3, 0.4) is 0 Å². The van der Waals surface area contributed by atoms with Crippen molar-refractivity contribution in [1.29, 1.82) is 0 Å². The van der Waals surface area contributed by atoms with Crippen molar-refractivity contribution in [3.05, 3.63) is 23.9 Å². The highest BCUT2D eigenvalue weighted by molar-refractivity contribution is 5.85. The summed E-state index contributed by atoms with van der Waals surface area (Å²) in [5, 5.41) is 6.69. The maximum atomic E-state index is 12.2. The summed E-state index contributed by atoms with van der Waals surface area (Å²) in [6.45, 7) is 6.75. The predicted molar refractivity (Wildman–Crippen MR) is 111 cm³/mol. The number of nitrogens with zero attached hydrogens (tertiary/aromatic N) is 2. The van der Waals surface area contributed by atoms with Gasteiger partial charge in [0.1, 0.15) is 5.82 Å². The van der Waals surface area contributed by atoms with E-state index >= 15 is 0 Å². The van der Waals surface area contributed by atoms with Crippen molar-refractivity contribution in [3.8, 4) is 0 Å². The average molecular weight is 403 g/mol. The Bertz CT molecular complexity index is 539. The third-order valence-electron chi connectivity index (χ3n) is 5.43. The Morgan fingerprint density at radius 2 is 1.85 bits per heavy atom. The third kappa shape index (κ3) is 6.00. The van der Waals surface area contributed by atoms with Crippen LogP contribution in [0.1, 0.15) is 51.5 Å². The fourth-order valence-corrected chi connectivity index (χ4v) is 4.13. The first kappa shape index (κ1) is 23.0. The highest BCUT2D eigenvalue weighted by Gasteiger charge is 2.34. The normalized spacial score (nSPS) is 23.5. The summed E-state index contributed by atoms with van der Waals surface area (Å²) in [6, 6.07) is 5.40. The first-order chi connectivity index (χ1) is 11.7. The highest BCUT2D eigenvalue weighted by atomic mass is 35.5. The number of carbonyl (C=O) groups is 1. The molecule has 0 saturated carbocycles. The van der Waals surface area contributed by atoms with Gasteiger partial charge in [0.2, 0.25) is 5.91 Å². The first-order valence-electron chi connectivity index (χ1n) is 9.40. The monoisotopic (exact) mass is 402 g/mol. The first-order valence-corrected chi connectivity index (χ1v) is 9.40. The van der Waals surface area contributed by atoms with E-state index < -0.39 is 0 Å². The Balaban J connectivity index is 0.00000169. The number of halogens is 2. The van der Waals surface area contributed by atoms with Crippen LogP contribution in [0.2, 0.25) is 0 Å². The van der Waals surface area contributed by atoms with Gasteiger partial charge in [-0.1, -0.05) is 6.07 Å². The van der Waals surface area contributed by atoms with E-state index in [9.17, 15) is 4.79 Å². The molecule has 1 aromatic heterocycles. The lowest BCUT2D eigenvalue weighted by molar-refractivity contribution is -0.122. The summed E-state index contributed by atoms with van der Waals surface area (Å²) in [5.41, 5.74) is 1.06. The zero-order valence-electron chi connectivity index (χ0n) is 15.7. The van der Waals surface area contributed by atoms with Gasteiger partial charge in [0, 0.05) is 44.3 Å². The molecule has 2 aliphatic rings. The molecule has 2 fully saturated rings. The fourth-order valence-electron chi connectivity index (χ4n) is 4.13. The number of fused-ring (bicyclic) bond motifs is 2. The molecule has 2 saturated heterocycles. The van der Waals surface area contributed by atoms with Crippen molar-refractivity contribution in [2.45, 2.75) is 64.6 Å². The van der Waals surface area contributed by atoms with Gasteiger partial charge >= 0.3 is 0 Å². The van der Waals surface area contributed by atoms with Crippen molar-refractivity contribution in [2.24, 2.45) is 5.92 Å². The molecule has 26 heavy (non-hydrogen) atoms. The molecule has 3 heterocycles. The molecule has 2 unspecified atom stereocenters. The summed E-state index contributed by atoms with van der Waals surface area (Å²) >= 11 is 0. The van der Waals surface area contributed by atoms with Crippen LogP contribution in [0.15, 0.2) is 18.3 Å². The van der Waals surface area contributed by atoms with E-state index in [-0.39, 0.29) is 30.7 Å². The summed E-state index contributed by atoms with van der Waals surface area (Å²) in [6.07, 6.45) is 7.42. The molecule has 1 aromatic rings. The van der Waals surface area contributed by atoms with Crippen LogP contribution < -0.4 is 15.5 Å². The third-order valence-corrected chi connectivity index (χ3v) is 5.43. The number of rotatable bonds is 7. The molecule has 1 amide bonds. The van der Waals surface area contributed by atoms with Crippen molar-refractivity contribution in [1.82, 2.24) is 15.6 Å².